The zero-order valence-electron chi connectivity index (χ0n) is 17.2. The normalized spacial score (nSPS) is 29.8. The van der Waals surface area contributed by atoms with Crippen LogP contribution in [0.2, 0.25) is 0 Å². The SMILES string of the molecule is O=C(C[C@H]1C[C@@H]2CC[C@@H]1C2)N1CCN(S(=O)(=O)c2ccc3c(c2)CCCC3)CC1. The summed E-state index contributed by atoms with van der Waals surface area (Å²) in [5.41, 5.74) is 2.49. The lowest BCUT2D eigenvalue weighted by molar-refractivity contribution is -0.133. The lowest BCUT2D eigenvalue weighted by Gasteiger charge is -2.35. The van der Waals surface area contributed by atoms with Gasteiger partial charge in [0.2, 0.25) is 15.9 Å². The van der Waals surface area contributed by atoms with Gasteiger partial charge in [0.1, 0.15) is 0 Å². The quantitative estimate of drug-likeness (QED) is 0.757. The van der Waals surface area contributed by atoms with Gasteiger partial charge in [-0.3, -0.25) is 4.79 Å². The first-order valence-electron chi connectivity index (χ1n) is 11.4. The molecule has 1 aliphatic heterocycles. The molecular formula is C23H32N2O3S. The van der Waals surface area contributed by atoms with Crippen molar-refractivity contribution in [1.82, 2.24) is 9.21 Å². The lowest BCUT2D eigenvalue weighted by atomic mass is 9.86. The number of nitrogens with zero attached hydrogens (tertiary/aromatic N) is 2. The third-order valence-electron chi connectivity index (χ3n) is 7.87. The average Bonchev–Trinajstić information content (AvgIpc) is 3.36. The molecule has 1 amide bonds. The third kappa shape index (κ3) is 3.74. The molecule has 1 aromatic carbocycles. The van der Waals surface area contributed by atoms with Crippen molar-refractivity contribution in [3.05, 3.63) is 29.3 Å². The predicted molar refractivity (Wildman–Crippen MR) is 112 cm³/mol. The van der Waals surface area contributed by atoms with Crippen LogP contribution < -0.4 is 0 Å². The first kappa shape index (κ1) is 19.6. The summed E-state index contributed by atoms with van der Waals surface area (Å²) in [5.74, 6) is 2.41. The lowest BCUT2D eigenvalue weighted by Crippen LogP contribution is -2.50. The average molecular weight is 417 g/mol. The largest absolute Gasteiger partial charge is 0.340 e. The predicted octanol–water partition coefficient (Wildman–Crippen LogP) is 3.22. The topological polar surface area (TPSA) is 57.7 Å². The van der Waals surface area contributed by atoms with Crippen LogP contribution in [0.5, 0.6) is 0 Å². The number of amides is 1. The number of rotatable bonds is 4. The Morgan fingerprint density at radius 3 is 2.41 bits per heavy atom. The van der Waals surface area contributed by atoms with Gasteiger partial charge in [-0.15, -0.1) is 0 Å². The third-order valence-corrected chi connectivity index (χ3v) is 9.77. The molecule has 3 atom stereocenters. The number of benzene rings is 1. The van der Waals surface area contributed by atoms with E-state index in [1.165, 1.54) is 43.2 Å². The Bertz CT molecular complexity index is 889. The van der Waals surface area contributed by atoms with Crippen LogP contribution in [-0.4, -0.2) is 49.7 Å². The molecule has 3 aliphatic carbocycles. The minimum absolute atomic E-state index is 0.230. The van der Waals surface area contributed by atoms with Crippen molar-refractivity contribution < 1.29 is 13.2 Å². The van der Waals surface area contributed by atoms with Gasteiger partial charge in [0, 0.05) is 32.6 Å². The molecular weight excluding hydrogens is 384 g/mol. The van der Waals surface area contributed by atoms with Crippen LogP contribution in [0.25, 0.3) is 0 Å². The minimum atomic E-state index is -3.48. The highest BCUT2D eigenvalue weighted by molar-refractivity contribution is 7.89. The molecule has 0 spiro atoms. The summed E-state index contributed by atoms with van der Waals surface area (Å²) in [6, 6.07) is 5.65. The molecule has 0 unspecified atom stereocenters. The summed E-state index contributed by atoms with van der Waals surface area (Å²) < 4.78 is 27.8. The highest BCUT2D eigenvalue weighted by Crippen LogP contribution is 2.49. The monoisotopic (exact) mass is 416 g/mol. The number of piperazine rings is 1. The van der Waals surface area contributed by atoms with E-state index in [-0.39, 0.29) is 5.91 Å². The van der Waals surface area contributed by atoms with Gasteiger partial charge in [0.05, 0.1) is 4.90 Å². The van der Waals surface area contributed by atoms with Crippen LogP contribution in [0.4, 0.5) is 0 Å². The van der Waals surface area contributed by atoms with Gasteiger partial charge in [-0.05, 0) is 86.0 Å². The van der Waals surface area contributed by atoms with Crippen LogP contribution in [0.3, 0.4) is 0 Å². The molecule has 2 saturated carbocycles. The van der Waals surface area contributed by atoms with Crippen molar-refractivity contribution in [2.45, 2.75) is 62.7 Å². The van der Waals surface area contributed by atoms with Crippen LogP contribution in [-0.2, 0) is 27.7 Å². The Balaban J connectivity index is 1.20. The number of carbonyl (C=O) groups is 1. The van der Waals surface area contributed by atoms with Crippen LogP contribution in [0, 0.1) is 17.8 Å². The number of carbonyl (C=O) groups excluding carboxylic acids is 1. The standard InChI is InChI=1S/C23H32N2O3S/c26-23(16-21-14-17-5-6-20(21)13-17)24-9-11-25(12-10-24)29(27,28)22-8-7-18-3-1-2-4-19(18)15-22/h7-8,15,17,20-21H,1-6,9-14,16H2/t17-,20-,21-/m1/s1. The van der Waals surface area contributed by atoms with Crippen molar-refractivity contribution in [2.75, 3.05) is 26.2 Å². The fourth-order valence-electron chi connectivity index (χ4n) is 6.18. The van der Waals surface area contributed by atoms with Crippen molar-refractivity contribution >= 4 is 15.9 Å². The van der Waals surface area contributed by atoms with Crippen LogP contribution in [0.15, 0.2) is 23.1 Å². The van der Waals surface area contributed by atoms with Gasteiger partial charge in [0.15, 0.2) is 0 Å². The molecule has 4 aliphatic rings. The van der Waals surface area contributed by atoms with Crippen LogP contribution in [0.1, 0.15) is 56.1 Å². The summed E-state index contributed by atoms with van der Waals surface area (Å²) in [5, 5.41) is 0. The van der Waals surface area contributed by atoms with Gasteiger partial charge < -0.3 is 4.90 Å². The van der Waals surface area contributed by atoms with E-state index in [0.717, 1.165) is 31.1 Å². The molecule has 158 valence electrons. The van der Waals surface area contributed by atoms with E-state index in [9.17, 15) is 13.2 Å². The van der Waals surface area contributed by atoms with Gasteiger partial charge in [-0.1, -0.05) is 12.5 Å². The highest BCUT2D eigenvalue weighted by atomic mass is 32.2. The second-order valence-electron chi connectivity index (χ2n) is 9.56. The molecule has 5 nitrogen and oxygen atoms in total. The summed E-state index contributed by atoms with van der Waals surface area (Å²) in [7, 11) is -3.48. The molecule has 1 aromatic rings. The fourth-order valence-corrected chi connectivity index (χ4v) is 7.65. The van der Waals surface area contributed by atoms with Gasteiger partial charge in [0.25, 0.3) is 0 Å². The maximum absolute atomic E-state index is 13.1. The van der Waals surface area contributed by atoms with E-state index in [1.807, 2.05) is 17.0 Å². The molecule has 6 heteroatoms. The molecule has 3 fully saturated rings. The van der Waals surface area contributed by atoms with Crippen molar-refractivity contribution in [1.29, 1.82) is 0 Å². The molecule has 1 saturated heterocycles. The number of aryl methyl sites for hydroxylation is 2. The Kier molecular flexibility index (Phi) is 5.19. The minimum Gasteiger partial charge on any atom is -0.340 e. The van der Waals surface area contributed by atoms with Crippen molar-refractivity contribution in [2.24, 2.45) is 17.8 Å². The smallest absolute Gasteiger partial charge is 0.243 e. The first-order valence-corrected chi connectivity index (χ1v) is 12.8. The second kappa shape index (κ2) is 7.69. The number of fused-ring (bicyclic) bond motifs is 3. The molecule has 29 heavy (non-hydrogen) atoms. The fraction of sp³-hybridized carbons (Fsp3) is 0.696. The van der Waals surface area contributed by atoms with E-state index in [2.05, 4.69) is 0 Å². The van der Waals surface area contributed by atoms with E-state index >= 15 is 0 Å². The van der Waals surface area contributed by atoms with E-state index in [4.69, 9.17) is 0 Å². The Morgan fingerprint density at radius 2 is 1.72 bits per heavy atom. The van der Waals surface area contributed by atoms with Crippen LogP contribution >= 0.6 is 0 Å². The van der Waals surface area contributed by atoms with E-state index < -0.39 is 10.0 Å². The molecule has 1 heterocycles. The van der Waals surface area contributed by atoms with Gasteiger partial charge >= 0.3 is 0 Å². The molecule has 5 rings (SSSR count). The molecule has 0 radical (unpaired) electrons. The number of hydrogen-bond acceptors (Lipinski definition) is 3. The zero-order valence-corrected chi connectivity index (χ0v) is 18.0. The van der Waals surface area contributed by atoms with Crippen molar-refractivity contribution in [3.8, 4) is 0 Å². The first-order chi connectivity index (χ1) is 14.0. The summed E-state index contributed by atoms with van der Waals surface area (Å²) in [6.45, 7) is 1.84. The van der Waals surface area contributed by atoms with Crippen molar-refractivity contribution in [3.63, 3.8) is 0 Å². The second-order valence-corrected chi connectivity index (χ2v) is 11.5. The maximum atomic E-state index is 13.1. The Hall–Kier alpha value is -1.40. The Morgan fingerprint density at radius 1 is 0.966 bits per heavy atom. The highest BCUT2D eigenvalue weighted by Gasteiger charge is 2.41. The maximum Gasteiger partial charge on any atom is 0.243 e. The Labute approximate surface area is 174 Å². The molecule has 0 aromatic heterocycles. The van der Waals surface area contributed by atoms with Gasteiger partial charge in [-0.2, -0.15) is 4.31 Å². The molecule has 0 N–H and O–H groups in total. The number of sulfonamides is 1. The summed E-state index contributed by atoms with van der Waals surface area (Å²) >= 11 is 0. The summed E-state index contributed by atoms with van der Waals surface area (Å²) in [4.78, 5) is 15.1. The van der Waals surface area contributed by atoms with E-state index in [0.29, 0.717) is 43.4 Å². The number of hydrogen-bond donors (Lipinski definition) is 0. The summed E-state index contributed by atoms with van der Waals surface area (Å²) in [6.07, 6.45) is 10.2. The van der Waals surface area contributed by atoms with E-state index in [1.54, 1.807) is 10.4 Å². The zero-order chi connectivity index (χ0) is 20.0. The molecule has 2 bridgehead atoms. The van der Waals surface area contributed by atoms with Gasteiger partial charge in [-0.25, -0.2) is 8.42 Å².